The summed E-state index contributed by atoms with van der Waals surface area (Å²) < 4.78 is 0. The third-order valence-corrected chi connectivity index (χ3v) is 3.31. The molecule has 4 heteroatoms. The molecule has 2 fully saturated rings. The van der Waals surface area contributed by atoms with Crippen molar-refractivity contribution >= 4 is 5.91 Å². The lowest BCUT2D eigenvalue weighted by atomic mass is 10.1. The molecule has 4 nitrogen and oxygen atoms in total. The van der Waals surface area contributed by atoms with Crippen LogP contribution in [-0.4, -0.2) is 49.6 Å². The molecule has 0 unspecified atom stereocenters. The number of amides is 1. The lowest BCUT2D eigenvalue weighted by Crippen LogP contribution is -2.45. The third kappa shape index (κ3) is 3.47. The van der Waals surface area contributed by atoms with Gasteiger partial charge in [0.15, 0.2) is 0 Å². The van der Waals surface area contributed by atoms with Gasteiger partial charge < -0.3 is 10.6 Å². The van der Waals surface area contributed by atoms with Crippen LogP contribution in [0.5, 0.6) is 0 Å². The molecule has 1 aliphatic carbocycles. The Labute approximate surface area is 91.4 Å². The van der Waals surface area contributed by atoms with Gasteiger partial charge in [0.25, 0.3) is 0 Å². The van der Waals surface area contributed by atoms with Crippen LogP contribution in [-0.2, 0) is 4.79 Å². The summed E-state index contributed by atoms with van der Waals surface area (Å²) in [6.07, 6.45) is 4.67. The van der Waals surface area contributed by atoms with Gasteiger partial charge in [0.05, 0.1) is 6.54 Å². The SMILES string of the molecule is CNC1CCN(CC(=O)NC2CC2)CC1. The first kappa shape index (κ1) is 10.9. The second-order valence-corrected chi connectivity index (χ2v) is 4.68. The largest absolute Gasteiger partial charge is 0.352 e. The van der Waals surface area contributed by atoms with E-state index in [-0.39, 0.29) is 5.91 Å². The summed E-state index contributed by atoms with van der Waals surface area (Å²) in [6, 6.07) is 1.14. The van der Waals surface area contributed by atoms with Gasteiger partial charge in [-0.25, -0.2) is 0 Å². The van der Waals surface area contributed by atoms with E-state index in [1.54, 1.807) is 0 Å². The van der Waals surface area contributed by atoms with Crippen molar-refractivity contribution in [2.45, 2.75) is 37.8 Å². The Kier molecular flexibility index (Phi) is 3.59. The summed E-state index contributed by atoms with van der Waals surface area (Å²) in [5.41, 5.74) is 0. The molecule has 0 atom stereocenters. The summed E-state index contributed by atoms with van der Waals surface area (Å²) in [4.78, 5) is 13.8. The third-order valence-electron chi connectivity index (χ3n) is 3.31. The van der Waals surface area contributed by atoms with Crippen molar-refractivity contribution in [2.75, 3.05) is 26.7 Å². The zero-order valence-electron chi connectivity index (χ0n) is 9.46. The summed E-state index contributed by atoms with van der Waals surface area (Å²) in [7, 11) is 2.01. The minimum Gasteiger partial charge on any atom is -0.352 e. The van der Waals surface area contributed by atoms with Gasteiger partial charge in [0.1, 0.15) is 0 Å². The molecule has 86 valence electrons. The average Bonchev–Trinajstić information content (AvgIpc) is 3.03. The predicted octanol–water partition coefficient (Wildman–Crippen LogP) is -0.0512. The van der Waals surface area contributed by atoms with Gasteiger partial charge in [-0.15, -0.1) is 0 Å². The maximum Gasteiger partial charge on any atom is 0.234 e. The molecular formula is C11H21N3O. The van der Waals surface area contributed by atoms with Gasteiger partial charge in [-0.3, -0.25) is 9.69 Å². The standard InChI is InChI=1S/C11H21N3O/c1-12-9-4-6-14(7-5-9)8-11(15)13-10-2-3-10/h9-10,12H,2-8H2,1H3,(H,13,15). The normalized spacial score (nSPS) is 24.1. The van der Waals surface area contributed by atoms with Crippen LogP contribution in [0.2, 0.25) is 0 Å². The summed E-state index contributed by atoms with van der Waals surface area (Å²) in [5, 5.41) is 6.32. The van der Waals surface area contributed by atoms with E-state index < -0.39 is 0 Å². The number of hydrogen-bond acceptors (Lipinski definition) is 3. The number of nitrogens with zero attached hydrogens (tertiary/aromatic N) is 1. The molecule has 0 radical (unpaired) electrons. The molecule has 1 aliphatic heterocycles. The van der Waals surface area contributed by atoms with Crippen molar-refractivity contribution in [3.05, 3.63) is 0 Å². The highest BCUT2D eigenvalue weighted by Gasteiger charge is 2.25. The van der Waals surface area contributed by atoms with Crippen molar-refractivity contribution in [1.82, 2.24) is 15.5 Å². The quantitative estimate of drug-likeness (QED) is 0.685. The molecule has 0 bridgehead atoms. The molecule has 1 saturated heterocycles. The average molecular weight is 211 g/mol. The van der Waals surface area contributed by atoms with E-state index in [0.29, 0.717) is 18.6 Å². The van der Waals surface area contributed by atoms with Crippen molar-refractivity contribution in [3.63, 3.8) is 0 Å². The molecule has 2 N–H and O–H groups in total. The Morgan fingerprint density at radius 3 is 2.40 bits per heavy atom. The predicted molar refractivity (Wildman–Crippen MR) is 59.7 cm³/mol. The molecule has 0 spiro atoms. The van der Waals surface area contributed by atoms with Crippen LogP contribution in [0.15, 0.2) is 0 Å². The van der Waals surface area contributed by atoms with Gasteiger partial charge in [-0.2, -0.15) is 0 Å². The number of carbonyl (C=O) groups excluding carboxylic acids is 1. The van der Waals surface area contributed by atoms with Crippen LogP contribution >= 0.6 is 0 Å². The summed E-state index contributed by atoms with van der Waals surface area (Å²) in [5.74, 6) is 0.209. The number of hydrogen-bond donors (Lipinski definition) is 2. The molecule has 2 aliphatic rings. The molecular weight excluding hydrogens is 190 g/mol. The van der Waals surface area contributed by atoms with E-state index in [4.69, 9.17) is 0 Å². The van der Waals surface area contributed by atoms with E-state index in [9.17, 15) is 4.79 Å². The fourth-order valence-corrected chi connectivity index (χ4v) is 2.08. The minimum absolute atomic E-state index is 0.209. The Balaban J connectivity index is 1.64. The van der Waals surface area contributed by atoms with Crippen LogP contribution in [0.3, 0.4) is 0 Å². The monoisotopic (exact) mass is 211 g/mol. The molecule has 0 aromatic carbocycles. The molecule has 0 aromatic rings. The van der Waals surface area contributed by atoms with Gasteiger partial charge >= 0.3 is 0 Å². The van der Waals surface area contributed by atoms with Gasteiger partial charge in [0.2, 0.25) is 5.91 Å². The maximum atomic E-state index is 11.5. The number of likely N-dealkylation sites (tertiary alicyclic amines) is 1. The van der Waals surface area contributed by atoms with E-state index in [1.807, 2.05) is 7.05 Å². The first-order valence-electron chi connectivity index (χ1n) is 5.97. The zero-order valence-corrected chi connectivity index (χ0v) is 9.46. The van der Waals surface area contributed by atoms with Crippen molar-refractivity contribution < 1.29 is 4.79 Å². The molecule has 1 heterocycles. The van der Waals surface area contributed by atoms with Crippen LogP contribution in [0.25, 0.3) is 0 Å². The lowest BCUT2D eigenvalue weighted by molar-refractivity contribution is -0.122. The van der Waals surface area contributed by atoms with Crippen LogP contribution < -0.4 is 10.6 Å². The molecule has 0 aromatic heterocycles. The number of nitrogens with one attached hydrogen (secondary N) is 2. The summed E-state index contributed by atoms with van der Waals surface area (Å²) >= 11 is 0. The van der Waals surface area contributed by atoms with Crippen LogP contribution in [0, 0.1) is 0 Å². The minimum atomic E-state index is 0.209. The molecule has 15 heavy (non-hydrogen) atoms. The number of piperidine rings is 1. The second-order valence-electron chi connectivity index (χ2n) is 4.68. The van der Waals surface area contributed by atoms with Gasteiger partial charge in [0, 0.05) is 25.2 Å². The Hall–Kier alpha value is -0.610. The zero-order chi connectivity index (χ0) is 10.7. The number of rotatable bonds is 4. The van der Waals surface area contributed by atoms with E-state index in [1.165, 1.54) is 12.8 Å². The fourth-order valence-electron chi connectivity index (χ4n) is 2.08. The smallest absolute Gasteiger partial charge is 0.234 e. The lowest BCUT2D eigenvalue weighted by Gasteiger charge is -2.31. The summed E-state index contributed by atoms with van der Waals surface area (Å²) in [6.45, 7) is 2.68. The van der Waals surface area contributed by atoms with Crippen LogP contribution in [0.1, 0.15) is 25.7 Å². The highest BCUT2D eigenvalue weighted by Crippen LogP contribution is 2.18. The Morgan fingerprint density at radius 1 is 1.20 bits per heavy atom. The number of carbonyl (C=O) groups is 1. The molecule has 1 amide bonds. The molecule has 1 saturated carbocycles. The second kappa shape index (κ2) is 4.94. The van der Waals surface area contributed by atoms with Gasteiger partial charge in [-0.05, 0) is 32.7 Å². The molecule has 2 rings (SSSR count). The van der Waals surface area contributed by atoms with Gasteiger partial charge in [-0.1, -0.05) is 0 Å². The Morgan fingerprint density at radius 2 is 1.87 bits per heavy atom. The van der Waals surface area contributed by atoms with E-state index >= 15 is 0 Å². The van der Waals surface area contributed by atoms with Crippen LogP contribution in [0.4, 0.5) is 0 Å². The maximum absolute atomic E-state index is 11.5. The van der Waals surface area contributed by atoms with E-state index in [0.717, 1.165) is 25.9 Å². The van der Waals surface area contributed by atoms with Crippen molar-refractivity contribution in [1.29, 1.82) is 0 Å². The first-order valence-corrected chi connectivity index (χ1v) is 5.97. The Bertz CT molecular complexity index is 220. The van der Waals surface area contributed by atoms with Crippen molar-refractivity contribution in [3.8, 4) is 0 Å². The van der Waals surface area contributed by atoms with Crippen molar-refractivity contribution in [2.24, 2.45) is 0 Å². The fraction of sp³-hybridized carbons (Fsp3) is 0.909. The topological polar surface area (TPSA) is 44.4 Å². The highest BCUT2D eigenvalue weighted by molar-refractivity contribution is 5.78. The van der Waals surface area contributed by atoms with E-state index in [2.05, 4.69) is 15.5 Å². The first-order chi connectivity index (χ1) is 7.28. The highest BCUT2D eigenvalue weighted by atomic mass is 16.2.